The smallest absolute Gasteiger partial charge is 0.415 e. The topological polar surface area (TPSA) is 175 Å². The van der Waals surface area contributed by atoms with E-state index in [9.17, 15) is 33.9 Å². The average molecular weight is 859 g/mol. The standard InChI is InChI=1S/C48H48ClN5O8/c1-53(48(26-14-13-25-42(48)55)37-23-11-12-24-38(37)49)47(61)62-32-54-27-15-22-36(31-54)43(56)50-39(28-33-16-5-2-6-17-33)44(57)51-40(29-34-18-7-3-8-19-34)45(58)52-41(46(59)60)30-35-20-9-4-10-21-35/h2-12,15-24,27,31,39-41H,13-14,25-26,28-30,32H2,1H3,(H3-,50,51,52,56,57,58,59,60)/p+1/t39?,40-,41?,48?/m0/s1. The summed E-state index contributed by atoms with van der Waals surface area (Å²) in [6, 6.07) is 33.3. The van der Waals surface area contributed by atoms with Gasteiger partial charge in [0.15, 0.2) is 18.2 Å². The summed E-state index contributed by atoms with van der Waals surface area (Å²) in [5, 5.41) is 18.6. The molecule has 1 fully saturated rings. The molecule has 13 nitrogen and oxygen atoms in total. The number of likely N-dealkylation sites (N-methyl/N-ethyl adjacent to an activating group) is 1. The number of carbonyl (C=O) groups is 6. The van der Waals surface area contributed by atoms with Crippen molar-refractivity contribution in [2.24, 2.45) is 0 Å². The molecule has 14 heteroatoms. The number of carboxylic acid groups (broad SMARTS) is 1. The third-order valence-corrected chi connectivity index (χ3v) is 11.3. The quantitative estimate of drug-likeness (QED) is 0.0879. The van der Waals surface area contributed by atoms with Gasteiger partial charge in [-0.2, -0.15) is 4.57 Å². The first-order valence-corrected chi connectivity index (χ1v) is 20.8. The normalized spacial score (nSPS) is 16.2. The number of aliphatic carboxylic acids is 1. The van der Waals surface area contributed by atoms with Crippen LogP contribution in [0.25, 0.3) is 0 Å². The Morgan fingerprint density at radius 2 is 1.23 bits per heavy atom. The Morgan fingerprint density at radius 3 is 1.77 bits per heavy atom. The number of ketones is 1. The molecule has 4 aromatic carbocycles. The SMILES string of the molecule is CN(C(=O)OC[n+]1cccc(C(=O)NC(Cc2ccccc2)C(=O)N[C@@H](Cc2ccccc2)C(=O)NC(Cc2ccccc2)C(=O)O)c1)C1(c2ccccc2Cl)CCCCC1=O. The maximum Gasteiger partial charge on any atom is 0.415 e. The van der Waals surface area contributed by atoms with Gasteiger partial charge in [0.05, 0.1) is 0 Å². The number of halogens is 1. The van der Waals surface area contributed by atoms with Crippen LogP contribution in [0.5, 0.6) is 0 Å². The Bertz CT molecular complexity index is 2370. The number of nitrogens with zero attached hydrogens (tertiary/aromatic N) is 2. The van der Waals surface area contributed by atoms with Crippen molar-refractivity contribution in [1.82, 2.24) is 20.9 Å². The summed E-state index contributed by atoms with van der Waals surface area (Å²) >= 11 is 6.57. The number of ether oxygens (including phenoxy) is 1. The van der Waals surface area contributed by atoms with Crippen molar-refractivity contribution in [2.45, 2.75) is 75.3 Å². The van der Waals surface area contributed by atoms with Gasteiger partial charge in [0.25, 0.3) is 12.6 Å². The molecule has 4 atom stereocenters. The number of carbonyl (C=O) groups excluding carboxylic acids is 5. The molecule has 62 heavy (non-hydrogen) atoms. The van der Waals surface area contributed by atoms with Gasteiger partial charge in [-0.05, 0) is 48.1 Å². The van der Waals surface area contributed by atoms with Crippen LogP contribution in [0.4, 0.5) is 4.79 Å². The lowest BCUT2D eigenvalue weighted by molar-refractivity contribution is -0.727. The molecule has 4 amide bonds. The monoisotopic (exact) mass is 858 g/mol. The molecule has 0 radical (unpaired) electrons. The Kier molecular flexibility index (Phi) is 15.2. The summed E-state index contributed by atoms with van der Waals surface area (Å²) in [6.45, 7) is -0.303. The van der Waals surface area contributed by atoms with E-state index in [1.807, 2.05) is 12.1 Å². The summed E-state index contributed by atoms with van der Waals surface area (Å²) in [6.07, 6.45) is 4.53. The second-order valence-electron chi connectivity index (χ2n) is 15.2. The number of benzene rings is 4. The average Bonchev–Trinajstić information content (AvgIpc) is 3.28. The molecule has 6 rings (SSSR count). The van der Waals surface area contributed by atoms with Gasteiger partial charge < -0.3 is 25.8 Å². The van der Waals surface area contributed by atoms with E-state index in [2.05, 4.69) is 16.0 Å². The number of nitrogens with one attached hydrogen (secondary N) is 3. The lowest BCUT2D eigenvalue weighted by Gasteiger charge is -2.43. The van der Waals surface area contributed by atoms with Crippen LogP contribution < -0.4 is 20.5 Å². The minimum atomic E-state index is -1.30. The van der Waals surface area contributed by atoms with Gasteiger partial charge in [0, 0.05) is 49.4 Å². The van der Waals surface area contributed by atoms with E-state index in [1.54, 1.807) is 115 Å². The molecule has 1 aliphatic carbocycles. The number of aromatic nitrogens is 1. The van der Waals surface area contributed by atoms with Gasteiger partial charge in [-0.1, -0.05) is 121 Å². The molecular weight excluding hydrogens is 810 g/mol. The van der Waals surface area contributed by atoms with E-state index in [0.717, 1.165) is 11.1 Å². The van der Waals surface area contributed by atoms with Crippen LogP contribution >= 0.6 is 11.6 Å². The third-order valence-electron chi connectivity index (χ3n) is 11.0. The predicted molar refractivity (Wildman–Crippen MR) is 231 cm³/mol. The molecule has 320 valence electrons. The second-order valence-corrected chi connectivity index (χ2v) is 15.6. The van der Waals surface area contributed by atoms with Crippen molar-refractivity contribution < 1.29 is 43.2 Å². The maximum absolute atomic E-state index is 14.2. The van der Waals surface area contributed by atoms with Crippen molar-refractivity contribution in [2.75, 3.05) is 7.05 Å². The van der Waals surface area contributed by atoms with Gasteiger partial charge in [-0.15, -0.1) is 0 Å². The number of Topliss-reactive ketones (excluding diaryl/α,β-unsaturated/α-hetero) is 1. The molecule has 0 saturated heterocycles. The summed E-state index contributed by atoms with van der Waals surface area (Å²) < 4.78 is 7.16. The van der Waals surface area contributed by atoms with E-state index in [4.69, 9.17) is 16.3 Å². The molecule has 1 saturated carbocycles. The summed E-state index contributed by atoms with van der Waals surface area (Å²) in [7, 11) is 1.52. The fourth-order valence-electron chi connectivity index (χ4n) is 7.70. The van der Waals surface area contributed by atoms with Crippen LogP contribution in [-0.4, -0.2) is 70.7 Å². The molecule has 0 aliphatic heterocycles. The highest BCUT2D eigenvalue weighted by molar-refractivity contribution is 6.31. The number of hydrogen-bond donors (Lipinski definition) is 4. The highest BCUT2D eigenvalue weighted by Crippen LogP contribution is 2.42. The Morgan fingerprint density at radius 1 is 0.710 bits per heavy atom. The zero-order valence-corrected chi connectivity index (χ0v) is 35.0. The van der Waals surface area contributed by atoms with Crippen LogP contribution in [0.2, 0.25) is 5.02 Å². The first kappa shape index (κ1) is 44.7. The molecule has 0 bridgehead atoms. The highest BCUT2D eigenvalue weighted by Gasteiger charge is 2.48. The second kappa shape index (κ2) is 21.1. The highest BCUT2D eigenvalue weighted by atomic mass is 35.5. The first-order chi connectivity index (χ1) is 29.9. The number of carboxylic acids is 1. The Hall–Kier alpha value is -6.86. The Labute approximate surface area is 365 Å². The lowest BCUT2D eigenvalue weighted by Crippen LogP contribution is -2.57. The van der Waals surface area contributed by atoms with Crippen LogP contribution in [0, 0.1) is 0 Å². The van der Waals surface area contributed by atoms with E-state index < -0.39 is 53.4 Å². The summed E-state index contributed by atoms with van der Waals surface area (Å²) in [4.78, 5) is 82.7. The number of amides is 4. The minimum absolute atomic E-state index is 0.0244. The predicted octanol–water partition coefficient (Wildman–Crippen LogP) is 5.57. The molecule has 1 aliphatic rings. The molecule has 1 aromatic heterocycles. The largest absolute Gasteiger partial charge is 0.480 e. The maximum atomic E-state index is 14.2. The van der Waals surface area contributed by atoms with Crippen LogP contribution in [0.3, 0.4) is 0 Å². The molecule has 1 heterocycles. The molecule has 4 N–H and O–H groups in total. The summed E-state index contributed by atoms with van der Waals surface area (Å²) in [5.41, 5.74) is 1.54. The van der Waals surface area contributed by atoms with Gasteiger partial charge >= 0.3 is 12.1 Å². The molecule has 5 aromatic rings. The molecule has 0 spiro atoms. The molecular formula is C48H49ClN5O8+. The summed E-state index contributed by atoms with van der Waals surface area (Å²) in [5.74, 6) is -3.36. The first-order valence-electron chi connectivity index (χ1n) is 20.4. The van der Waals surface area contributed by atoms with E-state index >= 15 is 0 Å². The van der Waals surface area contributed by atoms with Gasteiger partial charge in [-0.3, -0.25) is 24.1 Å². The van der Waals surface area contributed by atoms with Crippen molar-refractivity contribution in [1.29, 1.82) is 0 Å². The van der Waals surface area contributed by atoms with Gasteiger partial charge in [0.1, 0.15) is 29.2 Å². The van der Waals surface area contributed by atoms with Crippen molar-refractivity contribution in [3.8, 4) is 0 Å². The van der Waals surface area contributed by atoms with Crippen LogP contribution in [-0.2, 0) is 55.4 Å². The fraction of sp³-hybridized carbons (Fsp3) is 0.271. The number of hydrogen-bond acceptors (Lipinski definition) is 7. The van der Waals surface area contributed by atoms with Crippen molar-refractivity contribution >= 4 is 47.2 Å². The van der Waals surface area contributed by atoms with E-state index in [0.29, 0.717) is 41.8 Å². The zero-order chi connectivity index (χ0) is 44.1. The van der Waals surface area contributed by atoms with E-state index in [-0.39, 0.29) is 37.3 Å². The zero-order valence-electron chi connectivity index (χ0n) is 34.2. The van der Waals surface area contributed by atoms with E-state index in [1.165, 1.54) is 28.8 Å². The number of rotatable bonds is 17. The Balaban J connectivity index is 1.18. The fourth-order valence-corrected chi connectivity index (χ4v) is 7.99. The minimum Gasteiger partial charge on any atom is -0.480 e. The van der Waals surface area contributed by atoms with Gasteiger partial charge in [-0.25, -0.2) is 9.59 Å². The number of pyridine rings is 1. The molecule has 3 unspecified atom stereocenters. The van der Waals surface area contributed by atoms with Gasteiger partial charge in [0.2, 0.25) is 11.8 Å². The lowest BCUT2D eigenvalue weighted by atomic mass is 9.74. The van der Waals surface area contributed by atoms with Crippen LogP contribution in [0.15, 0.2) is 140 Å². The third kappa shape index (κ3) is 11.3. The van der Waals surface area contributed by atoms with Crippen molar-refractivity contribution in [3.63, 3.8) is 0 Å². The van der Waals surface area contributed by atoms with Crippen molar-refractivity contribution in [3.05, 3.63) is 173 Å². The van der Waals surface area contributed by atoms with Crippen LogP contribution in [0.1, 0.15) is 58.3 Å².